The molecule has 2 aliphatic rings. The van der Waals surface area contributed by atoms with E-state index in [0.29, 0.717) is 0 Å². The predicted molar refractivity (Wildman–Crippen MR) is 199 cm³/mol. The third-order valence-corrected chi connectivity index (χ3v) is 9.29. The maximum atomic E-state index is 13.7. The Bertz CT molecular complexity index is 1980. The lowest BCUT2D eigenvalue weighted by Crippen LogP contribution is -2.65. The highest BCUT2D eigenvalue weighted by molar-refractivity contribution is 5.91. The van der Waals surface area contributed by atoms with Crippen LogP contribution in [0.4, 0.5) is 0 Å². The number of esters is 5. The Morgan fingerprint density at radius 2 is 0.737 bits per heavy atom. The van der Waals surface area contributed by atoms with E-state index in [2.05, 4.69) is 0 Å². The lowest BCUT2D eigenvalue weighted by Gasteiger charge is -2.48. The first-order chi connectivity index (χ1) is 27.5. The van der Waals surface area contributed by atoms with Gasteiger partial charge in [-0.15, -0.1) is 0 Å². The lowest BCUT2D eigenvalue weighted by atomic mass is 9.96. The van der Waals surface area contributed by atoms with E-state index >= 15 is 0 Å². The van der Waals surface area contributed by atoms with E-state index in [1.54, 1.807) is 123 Å². The van der Waals surface area contributed by atoms with E-state index in [4.69, 9.17) is 42.6 Å². The first kappa shape index (κ1) is 40.7. The third-order valence-electron chi connectivity index (χ3n) is 9.29. The molecule has 298 valence electrons. The molecule has 2 aliphatic heterocycles. The second-order valence-electron chi connectivity index (χ2n) is 13.3. The second kappa shape index (κ2) is 18.8. The fraction of sp³-hybridized carbons (Fsp3) is 0.326. The summed E-state index contributed by atoms with van der Waals surface area (Å²) in [6.45, 7) is 4.29. The number of benzene rings is 4. The molecule has 4 aromatic carbocycles. The Balaban J connectivity index is 1.37. The number of methoxy groups -OCH3 is 1. The van der Waals surface area contributed by atoms with Crippen molar-refractivity contribution in [2.45, 2.75) is 82.2 Å². The van der Waals surface area contributed by atoms with Gasteiger partial charge in [0, 0.05) is 14.0 Å². The largest absolute Gasteiger partial charge is 0.453 e. The van der Waals surface area contributed by atoms with Gasteiger partial charge in [-0.25, -0.2) is 19.2 Å². The molecule has 0 aliphatic carbocycles. The smallest absolute Gasteiger partial charge is 0.338 e. The van der Waals surface area contributed by atoms with Crippen molar-refractivity contribution in [1.29, 1.82) is 0 Å². The Kier molecular flexibility index (Phi) is 13.4. The molecule has 0 N–H and O–H groups in total. The quantitative estimate of drug-likeness (QED) is 0.133. The topological polar surface area (TPSA) is 168 Å². The second-order valence-corrected chi connectivity index (χ2v) is 13.3. The van der Waals surface area contributed by atoms with Crippen LogP contribution in [0.3, 0.4) is 0 Å². The van der Waals surface area contributed by atoms with Crippen molar-refractivity contribution < 1.29 is 66.6 Å². The van der Waals surface area contributed by atoms with Crippen LogP contribution in [0.5, 0.6) is 0 Å². The summed E-state index contributed by atoms with van der Waals surface area (Å²) < 4.78 is 54.4. The fourth-order valence-corrected chi connectivity index (χ4v) is 6.52. The molecule has 0 saturated carbocycles. The van der Waals surface area contributed by atoms with Crippen LogP contribution in [-0.2, 0) is 47.4 Å². The van der Waals surface area contributed by atoms with Gasteiger partial charge in [-0.05, 0) is 62.4 Å². The predicted octanol–water partition coefficient (Wildman–Crippen LogP) is 5.34. The number of carbonyl (C=O) groups is 5. The number of ether oxygens (including phenoxy) is 9. The molecule has 6 rings (SSSR count). The van der Waals surface area contributed by atoms with Gasteiger partial charge in [0.05, 0.1) is 34.5 Å². The van der Waals surface area contributed by atoms with Crippen LogP contribution in [-0.4, -0.2) is 98.4 Å². The molecule has 57 heavy (non-hydrogen) atoms. The minimum atomic E-state index is -1.60. The lowest BCUT2D eigenvalue weighted by molar-refractivity contribution is -0.357. The Labute approximate surface area is 328 Å². The molecule has 14 nitrogen and oxygen atoms in total. The minimum Gasteiger partial charge on any atom is -0.453 e. The van der Waals surface area contributed by atoms with Crippen LogP contribution < -0.4 is 0 Å². The minimum absolute atomic E-state index is 0.161. The number of hydrogen-bond donors (Lipinski definition) is 0. The maximum absolute atomic E-state index is 13.7. The number of carbonyl (C=O) groups excluding carboxylic acids is 5. The zero-order valence-electron chi connectivity index (χ0n) is 31.5. The molecule has 0 aromatic heterocycles. The maximum Gasteiger partial charge on any atom is 0.338 e. The van der Waals surface area contributed by atoms with E-state index in [0.717, 1.165) is 6.92 Å². The summed E-state index contributed by atoms with van der Waals surface area (Å²) in [6, 6.07) is 32.5. The SMILES string of the molecule is CO[C@@H]1O[C@@H](C)[C@H](OC(=O)c2ccccc2)[C@@H](OC(=O)c2ccccc2)[C@H]1O[C@@H]1O[C@@H](C)[C@H](OC(=O)c2ccccc2)[C@@H](OC(=O)c2ccccc2)[C@H]1OC(C)=O. The molecular formula is C43H42O14. The van der Waals surface area contributed by atoms with Crippen LogP contribution in [0.25, 0.3) is 0 Å². The summed E-state index contributed by atoms with van der Waals surface area (Å²) in [4.78, 5) is 66.9. The average Bonchev–Trinajstić information content (AvgIpc) is 3.23. The summed E-state index contributed by atoms with van der Waals surface area (Å²) in [7, 11) is 1.33. The Morgan fingerprint density at radius 3 is 1.07 bits per heavy atom. The average molecular weight is 783 g/mol. The molecule has 0 unspecified atom stereocenters. The molecule has 0 spiro atoms. The van der Waals surface area contributed by atoms with Crippen molar-refractivity contribution in [2.75, 3.05) is 7.11 Å². The van der Waals surface area contributed by atoms with Crippen LogP contribution in [0.15, 0.2) is 121 Å². The van der Waals surface area contributed by atoms with E-state index in [9.17, 15) is 24.0 Å². The van der Waals surface area contributed by atoms with Crippen LogP contribution in [0.2, 0.25) is 0 Å². The monoisotopic (exact) mass is 782 g/mol. The summed E-state index contributed by atoms with van der Waals surface area (Å²) in [6.07, 6.45) is -13.4. The van der Waals surface area contributed by atoms with Crippen molar-refractivity contribution >= 4 is 29.8 Å². The Morgan fingerprint density at radius 1 is 0.421 bits per heavy atom. The number of hydrogen-bond acceptors (Lipinski definition) is 14. The zero-order chi connectivity index (χ0) is 40.5. The van der Waals surface area contributed by atoms with Gasteiger partial charge in [0.25, 0.3) is 0 Å². The van der Waals surface area contributed by atoms with Gasteiger partial charge in [0.2, 0.25) is 0 Å². The molecule has 10 atom stereocenters. The molecule has 14 heteroatoms. The van der Waals surface area contributed by atoms with Crippen LogP contribution >= 0.6 is 0 Å². The molecule has 4 aromatic rings. The zero-order valence-corrected chi connectivity index (χ0v) is 31.5. The van der Waals surface area contributed by atoms with Gasteiger partial charge in [0.15, 0.2) is 49.2 Å². The van der Waals surface area contributed by atoms with Crippen LogP contribution in [0, 0.1) is 0 Å². The molecule has 0 radical (unpaired) electrons. The first-order valence-electron chi connectivity index (χ1n) is 18.2. The summed E-state index contributed by atoms with van der Waals surface area (Å²) in [5.41, 5.74) is 0.779. The molecule has 0 amide bonds. The van der Waals surface area contributed by atoms with E-state index < -0.39 is 91.3 Å². The van der Waals surface area contributed by atoms with E-state index in [1.165, 1.54) is 19.2 Å². The van der Waals surface area contributed by atoms with Gasteiger partial charge in [-0.3, -0.25) is 4.79 Å². The van der Waals surface area contributed by atoms with Crippen molar-refractivity contribution in [3.63, 3.8) is 0 Å². The highest BCUT2D eigenvalue weighted by atomic mass is 16.8. The van der Waals surface area contributed by atoms with E-state index in [-0.39, 0.29) is 22.3 Å². The first-order valence-corrected chi connectivity index (χ1v) is 18.2. The van der Waals surface area contributed by atoms with Crippen molar-refractivity contribution in [3.05, 3.63) is 144 Å². The standard InChI is InChI=1S/C43H42O14/c1-25-32(53-38(45)28-17-9-5-10-18-28)34(55-40(47)30-21-13-7-14-22-30)36(42(49-4)50-25)57-43-37(52-27(3)44)35(56-41(48)31-23-15-8-16-24-31)33(26(2)51-43)54-39(46)29-19-11-6-12-20-29/h5-26,32-37,42-43H,1-4H3/t25-,26-,32-,33-,34+,35+,36+,37+,42+,43-/m0/s1. The van der Waals surface area contributed by atoms with Crippen molar-refractivity contribution in [3.8, 4) is 0 Å². The number of rotatable bonds is 12. The normalized spacial score (nSPS) is 26.9. The molecule has 2 saturated heterocycles. The van der Waals surface area contributed by atoms with Gasteiger partial charge in [0.1, 0.15) is 0 Å². The Hall–Kier alpha value is -5.93. The van der Waals surface area contributed by atoms with Gasteiger partial charge in [-0.2, -0.15) is 0 Å². The molecule has 2 fully saturated rings. The van der Waals surface area contributed by atoms with Crippen molar-refractivity contribution in [1.82, 2.24) is 0 Å². The molecule has 0 bridgehead atoms. The highest BCUT2D eigenvalue weighted by Crippen LogP contribution is 2.36. The van der Waals surface area contributed by atoms with Gasteiger partial charge in [-0.1, -0.05) is 72.8 Å². The summed E-state index contributed by atoms with van der Waals surface area (Å²) in [5, 5.41) is 0. The fourth-order valence-electron chi connectivity index (χ4n) is 6.52. The third kappa shape index (κ3) is 9.91. The summed E-state index contributed by atoms with van der Waals surface area (Å²) >= 11 is 0. The van der Waals surface area contributed by atoms with Gasteiger partial charge >= 0.3 is 29.8 Å². The summed E-state index contributed by atoms with van der Waals surface area (Å²) in [5.74, 6) is -3.92. The molecular weight excluding hydrogens is 740 g/mol. The van der Waals surface area contributed by atoms with E-state index in [1.807, 2.05) is 0 Å². The highest BCUT2D eigenvalue weighted by Gasteiger charge is 2.56. The van der Waals surface area contributed by atoms with Gasteiger partial charge < -0.3 is 42.6 Å². The molecule has 2 heterocycles. The van der Waals surface area contributed by atoms with Crippen LogP contribution in [0.1, 0.15) is 62.2 Å². The van der Waals surface area contributed by atoms with Crippen molar-refractivity contribution in [2.24, 2.45) is 0 Å².